The van der Waals surface area contributed by atoms with Gasteiger partial charge in [0.1, 0.15) is 0 Å². The van der Waals surface area contributed by atoms with Crippen molar-refractivity contribution in [2.75, 3.05) is 34.4 Å². The molecule has 0 spiro atoms. The zero-order chi connectivity index (χ0) is 22.5. The molecule has 1 aliphatic rings. The maximum Gasteiger partial charge on any atom is 0.238 e. The van der Waals surface area contributed by atoms with Gasteiger partial charge in [-0.25, -0.2) is 9.97 Å². The number of rotatable bonds is 7. The number of nitrogens with one attached hydrogen (secondary N) is 2. The summed E-state index contributed by atoms with van der Waals surface area (Å²) in [6.45, 7) is 5.60. The number of hydrogen-bond acceptors (Lipinski definition) is 6. The zero-order valence-electron chi connectivity index (χ0n) is 18.3. The average molecular weight is 450 g/mol. The van der Waals surface area contributed by atoms with Gasteiger partial charge in [-0.15, -0.1) is 11.8 Å². The third-order valence-electron chi connectivity index (χ3n) is 5.37. The van der Waals surface area contributed by atoms with Gasteiger partial charge in [0.15, 0.2) is 11.6 Å². The lowest BCUT2D eigenvalue weighted by molar-refractivity contribution is -0.115. The Labute approximate surface area is 192 Å². The number of hydrogen-bond donors (Lipinski definition) is 2. The topological polar surface area (TPSA) is 87.2 Å². The molecule has 1 fully saturated rings. The highest BCUT2D eigenvalue weighted by Gasteiger charge is 2.23. The van der Waals surface area contributed by atoms with Crippen LogP contribution in [-0.4, -0.2) is 45.9 Å². The SMILES string of the molecule is Cc1ccc(NC(=O)CSC(C)C(=O)Nc2nc3ccccc3nc2N2CCCC2)cc1. The van der Waals surface area contributed by atoms with Crippen molar-refractivity contribution >= 4 is 51.9 Å². The Kier molecular flexibility index (Phi) is 6.90. The van der Waals surface area contributed by atoms with Crippen LogP contribution in [0.2, 0.25) is 0 Å². The first-order chi connectivity index (χ1) is 15.5. The van der Waals surface area contributed by atoms with Gasteiger partial charge < -0.3 is 15.5 Å². The van der Waals surface area contributed by atoms with E-state index < -0.39 is 5.25 Å². The van der Waals surface area contributed by atoms with Crippen LogP contribution in [0.15, 0.2) is 48.5 Å². The Balaban J connectivity index is 1.40. The summed E-state index contributed by atoms with van der Waals surface area (Å²) in [5.41, 5.74) is 3.43. The van der Waals surface area contributed by atoms with Gasteiger partial charge in [-0.1, -0.05) is 29.8 Å². The number of carbonyl (C=O) groups is 2. The van der Waals surface area contributed by atoms with Gasteiger partial charge in [0.25, 0.3) is 0 Å². The molecule has 0 radical (unpaired) electrons. The Hall–Kier alpha value is -3.13. The standard InChI is InChI=1S/C24H27N5O2S/c1-16-9-11-18(12-10-16)25-21(30)15-32-17(2)24(31)28-22-23(29-13-5-6-14-29)27-20-8-4-3-7-19(20)26-22/h3-4,7-12,17H,5-6,13-15H2,1-2H3,(H,25,30)(H,26,28,31). The molecule has 32 heavy (non-hydrogen) atoms. The Morgan fingerprint density at radius 2 is 1.66 bits per heavy atom. The third-order valence-corrected chi connectivity index (χ3v) is 6.51. The second kappa shape index (κ2) is 9.99. The summed E-state index contributed by atoms with van der Waals surface area (Å²) in [7, 11) is 0. The number of para-hydroxylation sites is 2. The van der Waals surface area contributed by atoms with Crippen LogP contribution in [-0.2, 0) is 9.59 Å². The molecule has 2 heterocycles. The highest BCUT2D eigenvalue weighted by molar-refractivity contribution is 8.01. The van der Waals surface area contributed by atoms with Gasteiger partial charge in [0, 0.05) is 18.8 Å². The number of fused-ring (bicyclic) bond motifs is 1. The number of aryl methyl sites for hydroxylation is 1. The van der Waals surface area contributed by atoms with Crippen LogP contribution >= 0.6 is 11.8 Å². The van der Waals surface area contributed by atoms with Gasteiger partial charge in [0.05, 0.1) is 22.0 Å². The monoisotopic (exact) mass is 449 g/mol. The number of nitrogens with zero attached hydrogens (tertiary/aromatic N) is 3. The van der Waals surface area contributed by atoms with Gasteiger partial charge in [-0.2, -0.15) is 0 Å². The largest absolute Gasteiger partial charge is 0.354 e. The van der Waals surface area contributed by atoms with Crippen molar-refractivity contribution < 1.29 is 9.59 Å². The first-order valence-electron chi connectivity index (χ1n) is 10.8. The van der Waals surface area contributed by atoms with Crippen molar-refractivity contribution in [2.24, 2.45) is 0 Å². The summed E-state index contributed by atoms with van der Waals surface area (Å²) < 4.78 is 0. The molecule has 2 aromatic carbocycles. The third kappa shape index (κ3) is 5.37. The van der Waals surface area contributed by atoms with Crippen LogP contribution in [0.5, 0.6) is 0 Å². The van der Waals surface area contributed by atoms with Gasteiger partial charge in [0.2, 0.25) is 11.8 Å². The maximum atomic E-state index is 12.9. The molecule has 3 aromatic rings. The smallest absolute Gasteiger partial charge is 0.238 e. The van der Waals surface area contributed by atoms with E-state index in [-0.39, 0.29) is 17.6 Å². The lowest BCUT2D eigenvalue weighted by atomic mass is 10.2. The van der Waals surface area contributed by atoms with Crippen LogP contribution in [0.3, 0.4) is 0 Å². The Bertz CT molecular complexity index is 1110. The highest BCUT2D eigenvalue weighted by Crippen LogP contribution is 2.28. The summed E-state index contributed by atoms with van der Waals surface area (Å²) in [6, 6.07) is 15.3. The zero-order valence-corrected chi connectivity index (χ0v) is 19.1. The second-order valence-corrected chi connectivity index (χ2v) is 9.26. The number of aromatic nitrogens is 2. The lowest BCUT2D eigenvalue weighted by Crippen LogP contribution is -2.28. The number of thioether (sulfide) groups is 1. The van der Waals surface area contributed by atoms with E-state index in [1.54, 1.807) is 6.92 Å². The van der Waals surface area contributed by atoms with E-state index in [4.69, 9.17) is 4.98 Å². The first kappa shape index (κ1) is 22.1. The molecule has 1 atom stereocenters. The summed E-state index contributed by atoms with van der Waals surface area (Å²) in [4.78, 5) is 36.8. The van der Waals surface area contributed by atoms with Crippen LogP contribution in [0.25, 0.3) is 11.0 Å². The average Bonchev–Trinajstić information content (AvgIpc) is 3.33. The lowest BCUT2D eigenvalue weighted by Gasteiger charge is -2.21. The summed E-state index contributed by atoms with van der Waals surface area (Å²) in [5.74, 6) is 1.05. The molecule has 1 aromatic heterocycles. The minimum Gasteiger partial charge on any atom is -0.354 e. The maximum absolute atomic E-state index is 12.9. The molecule has 2 amide bonds. The molecule has 8 heteroatoms. The molecular formula is C24H27N5O2S. The highest BCUT2D eigenvalue weighted by atomic mass is 32.2. The van der Waals surface area contributed by atoms with Gasteiger partial charge in [-0.05, 0) is 51.0 Å². The number of benzene rings is 2. The molecule has 0 bridgehead atoms. The summed E-state index contributed by atoms with van der Waals surface area (Å²) in [6.07, 6.45) is 2.20. The predicted octanol–water partition coefficient (Wildman–Crippen LogP) is 4.24. The number of amides is 2. The van der Waals surface area contributed by atoms with E-state index in [0.29, 0.717) is 11.6 Å². The van der Waals surface area contributed by atoms with Crippen molar-refractivity contribution in [3.05, 3.63) is 54.1 Å². The van der Waals surface area contributed by atoms with E-state index in [1.807, 2.05) is 55.5 Å². The molecule has 7 nitrogen and oxygen atoms in total. The molecule has 4 rings (SSSR count). The van der Waals surface area contributed by atoms with Crippen molar-refractivity contribution in [3.63, 3.8) is 0 Å². The molecule has 0 aliphatic carbocycles. The van der Waals surface area contributed by atoms with Crippen molar-refractivity contribution in [2.45, 2.75) is 31.9 Å². The molecule has 2 N–H and O–H groups in total. The van der Waals surface area contributed by atoms with Crippen LogP contribution in [0.1, 0.15) is 25.3 Å². The van der Waals surface area contributed by atoms with E-state index in [9.17, 15) is 9.59 Å². The van der Waals surface area contributed by atoms with E-state index in [2.05, 4.69) is 20.5 Å². The predicted molar refractivity (Wildman–Crippen MR) is 131 cm³/mol. The quantitative estimate of drug-likeness (QED) is 0.561. The number of carbonyl (C=O) groups excluding carboxylic acids is 2. The van der Waals surface area contributed by atoms with Gasteiger partial charge >= 0.3 is 0 Å². The van der Waals surface area contributed by atoms with Gasteiger partial charge in [-0.3, -0.25) is 9.59 Å². The minimum atomic E-state index is -0.418. The van der Waals surface area contributed by atoms with Crippen molar-refractivity contribution in [3.8, 4) is 0 Å². The summed E-state index contributed by atoms with van der Waals surface area (Å²) >= 11 is 1.29. The normalized spacial score (nSPS) is 14.4. The van der Waals surface area contributed by atoms with Crippen molar-refractivity contribution in [1.29, 1.82) is 0 Å². The molecule has 1 aliphatic heterocycles. The first-order valence-corrected chi connectivity index (χ1v) is 11.9. The minimum absolute atomic E-state index is 0.137. The van der Waals surface area contributed by atoms with E-state index in [0.717, 1.165) is 48.2 Å². The fourth-order valence-electron chi connectivity index (χ4n) is 3.55. The molecule has 1 unspecified atom stereocenters. The van der Waals surface area contributed by atoms with Crippen LogP contribution < -0.4 is 15.5 Å². The van der Waals surface area contributed by atoms with E-state index in [1.165, 1.54) is 11.8 Å². The van der Waals surface area contributed by atoms with E-state index >= 15 is 0 Å². The van der Waals surface area contributed by atoms with Crippen LogP contribution in [0.4, 0.5) is 17.3 Å². The Morgan fingerprint density at radius 1 is 1.00 bits per heavy atom. The Morgan fingerprint density at radius 3 is 2.34 bits per heavy atom. The molecule has 1 saturated heterocycles. The molecule has 0 saturated carbocycles. The second-order valence-electron chi connectivity index (χ2n) is 7.94. The van der Waals surface area contributed by atoms with Crippen LogP contribution in [0, 0.1) is 6.92 Å². The fraction of sp³-hybridized carbons (Fsp3) is 0.333. The fourth-order valence-corrected chi connectivity index (χ4v) is 4.24. The molecule has 166 valence electrons. The summed E-state index contributed by atoms with van der Waals surface area (Å²) in [5, 5.41) is 5.39. The number of anilines is 3. The molecular weight excluding hydrogens is 422 g/mol. The van der Waals surface area contributed by atoms with Crippen molar-refractivity contribution in [1.82, 2.24) is 9.97 Å².